The summed E-state index contributed by atoms with van der Waals surface area (Å²) in [6.45, 7) is 9.23. The van der Waals surface area contributed by atoms with Crippen molar-refractivity contribution < 1.29 is 9.47 Å². The van der Waals surface area contributed by atoms with Crippen LogP contribution in [0.5, 0.6) is 5.75 Å². The van der Waals surface area contributed by atoms with Crippen LogP contribution in [0.4, 0.5) is 0 Å². The van der Waals surface area contributed by atoms with E-state index < -0.39 is 8.07 Å². The highest BCUT2D eigenvalue weighted by Crippen LogP contribution is 2.19. The van der Waals surface area contributed by atoms with Gasteiger partial charge >= 0.3 is 0 Å². The van der Waals surface area contributed by atoms with E-state index in [1.807, 2.05) is 19.1 Å². The summed E-state index contributed by atoms with van der Waals surface area (Å²) in [6, 6.07) is 9.21. The molecular formula is C13H19NO2Si. The monoisotopic (exact) mass is 249 g/mol. The second-order valence-corrected chi connectivity index (χ2v) is 10.1. The summed E-state index contributed by atoms with van der Waals surface area (Å²) in [7, 11) is -1.52. The molecule has 1 unspecified atom stereocenters. The van der Waals surface area contributed by atoms with Gasteiger partial charge in [-0.05, 0) is 31.2 Å². The van der Waals surface area contributed by atoms with E-state index in [4.69, 9.17) is 14.7 Å². The van der Waals surface area contributed by atoms with Crippen LogP contribution >= 0.6 is 0 Å². The Morgan fingerprint density at radius 2 is 1.82 bits per heavy atom. The van der Waals surface area contributed by atoms with Crippen LogP contribution in [0.1, 0.15) is 12.5 Å². The molecule has 0 saturated heterocycles. The topological polar surface area (TPSA) is 42.2 Å². The minimum Gasteiger partial charge on any atom is -0.469 e. The Labute approximate surface area is 104 Å². The minimum atomic E-state index is -1.52. The van der Waals surface area contributed by atoms with Crippen molar-refractivity contribution in [3.8, 4) is 11.8 Å². The van der Waals surface area contributed by atoms with Crippen LogP contribution < -0.4 is 4.74 Å². The van der Waals surface area contributed by atoms with Crippen molar-refractivity contribution in [2.75, 3.05) is 6.61 Å². The van der Waals surface area contributed by atoms with Crippen molar-refractivity contribution in [1.82, 2.24) is 0 Å². The predicted octanol–water partition coefficient (Wildman–Crippen LogP) is 3.18. The third-order valence-corrected chi connectivity index (χ3v) is 3.95. The largest absolute Gasteiger partial charge is 0.469 e. The highest BCUT2D eigenvalue weighted by atomic mass is 28.3. The van der Waals surface area contributed by atoms with Gasteiger partial charge in [0.15, 0.2) is 5.91 Å². The fourth-order valence-electron chi connectivity index (χ4n) is 1.34. The van der Waals surface area contributed by atoms with Gasteiger partial charge in [-0.25, -0.2) is 0 Å². The van der Waals surface area contributed by atoms with Crippen molar-refractivity contribution in [3.05, 3.63) is 29.8 Å². The average Bonchev–Trinajstić information content (AvgIpc) is 2.28. The van der Waals surface area contributed by atoms with Crippen LogP contribution in [-0.4, -0.2) is 20.6 Å². The third kappa shape index (κ3) is 4.21. The van der Waals surface area contributed by atoms with Crippen LogP contribution in [0.25, 0.3) is 0 Å². The molecule has 1 aromatic rings. The van der Waals surface area contributed by atoms with Crippen molar-refractivity contribution in [2.24, 2.45) is 0 Å². The lowest BCUT2D eigenvalue weighted by Crippen LogP contribution is -2.44. The number of nitriles is 1. The molecule has 0 heterocycles. The number of hydrogen-bond acceptors (Lipinski definition) is 3. The Morgan fingerprint density at radius 1 is 1.24 bits per heavy atom. The Bertz CT molecular complexity index is 389. The first-order valence-corrected chi connectivity index (χ1v) is 9.33. The maximum absolute atomic E-state index is 8.72. The molecule has 0 N–H and O–H groups in total. The Morgan fingerprint density at radius 3 is 2.24 bits per heavy atom. The molecule has 0 aliphatic heterocycles. The van der Waals surface area contributed by atoms with Gasteiger partial charge in [0.25, 0.3) is 0 Å². The van der Waals surface area contributed by atoms with E-state index in [0.717, 1.165) is 5.75 Å². The van der Waals surface area contributed by atoms with Gasteiger partial charge in [-0.1, -0.05) is 19.6 Å². The number of nitrogens with zero attached hydrogens (tertiary/aromatic N) is 1. The SMILES string of the molecule is CCOC(Oc1ccc(C#N)cc1)[Si](C)(C)C. The van der Waals surface area contributed by atoms with E-state index in [1.54, 1.807) is 12.1 Å². The molecule has 0 saturated carbocycles. The van der Waals surface area contributed by atoms with E-state index in [2.05, 4.69) is 25.7 Å². The molecule has 0 amide bonds. The second-order valence-electron chi connectivity index (χ2n) is 4.91. The van der Waals surface area contributed by atoms with Crippen LogP contribution in [0, 0.1) is 11.3 Å². The zero-order valence-corrected chi connectivity index (χ0v) is 11.9. The first-order chi connectivity index (χ1) is 7.97. The molecular weight excluding hydrogens is 230 g/mol. The van der Waals surface area contributed by atoms with Crippen molar-refractivity contribution in [2.45, 2.75) is 32.5 Å². The lowest BCUT2D eigenvalue weighted by Gasteiger charge is -2.29. The van der Waals surface area contributed by atoms with Gasteiger partial charge in [-0.2, -0.15) is 5.26 Å². The summed E-state index contributed by atoms with van der Waals surface area (Å²) in [4.78, 5) is 0. The summed E-state index contributed by atoms with van der Waals surface area (Å²) in [5, 5.41) is 8.72. The van der Waals surface area contributed by atoms with Gasteiger partial charge in [0.1, 0.15) is 13.8 Å². The summed E-state index contributed by atoms with van der Waals surface area (Å²) in [6.07, 6.45) is 0. The highest BCUT2D eigenvalue weighted by molar-refractivity contribution is 6.77. The fourth-order valence-corrected chi connectivity index (χ4v) is 2.50. The lowest BCUT2D eigenvalue weighted by molar-refractivity contribution is -0.0234. The summed E-state index contributed by atoms with van der Waals surface area (Å²) in [5.74, 6) is 0.602. The Balaban J connectivity index is 2.76. The molecule has 0 spiro atoms. The van der Waals surface area contributed by atoms with Gasteiger partial charge in [0.2, 0.25) is 0 Å². The summed E-state index contributed by atoms with van der Waals surface area (Å²) < 4.78 is 11.5. The lowest BCUT2D eigenvalue weighted by atomic mass is 10.2. The minimum absolute atomic E-state index is 0.152. The maximum Gasteiger partial charge on any atom is 0.179 e. The van der Waals surface area contributed by atoms with E-state index in [0.29, 0.717) is 12.2 Å². The molecule has 92 valence electrons. The first kappa shape index (κ1) is 13.8. The van der Waals surface area contributed by atoms with Crippen LogP contribution in [-0.2, 0) is 4.74 Å². The summed E-state index contributed by atoms with van der Waals surface area (Å²) >= 11 is 0. The standard InChI is InChI=1S/C13H19NO2Si/c1-5-15-13(17(2,3)4)16-12-8-6-11(10-14)7-9-12/h6-9,13H,5H2,1-4H3. The van der Waals surface area contributed by atoms with Crippen LogP contribution in [0.2, 0.25) is 19.6 Å². The van der Waals surface area contributed by atoms with Gasteiger partial charge in [0, 0.05) is 6.61 Å². The van der Waals surface area contributed by atoms with Gasteiger partial charge in [-0.3, -0.25) is 0 Å². The molecule has 0 aliphatic rings. The van der Waals surface area contributed by atoms with Crippen molar-refractivity contribution >= 4 is 8.07 Å². The van der Waals surface area contributed by atoms with Crippen LogP contribution in [0.15, 0.2) is 24.3 Å². The molecule has 0 bridgehead atoms. The van der Waals surface area contributed by atoms with E-state index in [1.165, 1.54) is 0 Å². The molecule has 0 radical (unpaired) electrons. The van der Waals surface area contributed by atoms with E-state index in [9.17, 15) is 0 Å². The van der Waals surface area contributed by atoms with Crippen molar-refractivity contribution in [1.29, 1.82) is 5.26 Å². The number of hydrogen-bond donors (Lipinski definition) is 0. The highest BCUT2D eigenvalue weighted by Gasteiger charge is 2.29. The number of ether oxygens (including phenoxy) is 2. The van der Waals surface area contributed by atoms with Gasteiger partial charge in [0.05, 0.1) is 11.6 Å². The molecule has 17 heavy (non-hydrogen) atoms. The van der Waals surface area contributed by atoms with Gasteiger partial charge < -0.3 is 9.47 Å². The van der Waals surface area contributed by atoms with E-state index in [-0.39, 0.29) is 5.91 Å². The first-order valence-electron chi connectivity index (χ1n) is 5.75. The Kier molecular flexibility index (Phi) is 4.73. The number of benzene rings is 1. The average molecular weight is 249 g/mol. The van der Waals surface area contributed by atoms with E-state index >= 15 is 0 Å². The normalized spacial score (nSPS) is 12.9. The molecule has 0 fully saturated rings. The molecule has 1 rings (SSSR count). The zero-order valence-electron chi connectivity index (χ0n) is 10.9. The second kappa shape index (κ2) is 5.85. The number of rotatable bonds is 5. The predicted molar refractivity (Wildman–Crippen MR) is 70.5 cm³/mol. The summed E-state index contributed by atoms with van der Waals surface area (Å²) in [5.41, 5.74) is 0.637. The smallest absolute Gasteiger partial charge is 0.179 e. The quantitative estimate of drug-likeness (QED) is 0.594. The zero-order chi connectivity index (χ0) is 12.9. The third-order valence-electron chi connectivity index (χ3n) is 2.25. The molecule has 3 nitrogen and oxygen atoms in total. The fraction of sp³-hybridized carbons (Fsp3) is 0.462. The Hall–Kier alpha value is -1.31. The van der Waals surface area contributed by atoms with Crippen molar-refractivity contribution in [3.63, 3.8) is 0 Å². The molecule has 1 atom stereocenters. The maximum atomic E-state index is 8.72. The molecule has 4 heteroatoms. The van der Waals surface area contributed by atoms with Gasteiger partial charge in [-0.15, -0.1) is 0 Å². The molecule has 1 aromatic carbocycles. The van der Waals surface area contributed by atoms with Crippen LogP contribution in [0.3, 0.4) is 0 Å². The molecule has 0 aromatic heterocycles. The molecule has 0 aliphatic carbocycles.